The number of likely N-dealkylation sites (N-methyl/N-ethyl adjacent to an activating group) is 1. The second-order valence-electron chi connectivity index (χ2n) is 7.58. The highest BCUT2D eigenvalue weighted by Crippen LogP contribution is 2.38. The van der Waals surface area contributed by atoms with Crippen molar-refractivity contribution in [3.8, 4) is 27.0 Å². The molecular weight excluding hydrogens is 478 g/mol. The van der Waals surface area contributed by atoms with Gasteiger partial charge in [0.25, 0.3) is 0 Å². The maximum Gasteiger partial charge on any atom is 0.247 e. The zero-order chi connectivity index (χ0) is 25.5. The molecule has 0 aliphatic rings. The standard InChI is InChI=1S/C25H25N7O3S/c1-4-22(34)27-18-14-19(21(35-3)15-20(18)32(2)12-13-33)29-25-26-11-10-17(28-25)24-31-30-23(36-24)16-8-6-5-7-9-16/h4-11,14-15,33H,1,12-13H2,2-3H3,(H,27,34)(H,26,28,29). The van der Waals surface area contributed by atoms with Gasteiger partial charge in [-0.05, 0) is 18.2 Å². The molecule has 4 rings (SSSR count). The predicted molar refractivity (Wildman–Crippen MR) is 142 cm³/mol. The van der Waals surface area contributed by atoms with Crippen LogP contribution in [0.25, 0.3) is 21.3 Å². The second kappa shape index (κ2) is 11.4. The average Bonchev–Trinajstić information content (AvgIpc) is 3.40. The summed E-state index contributed by atoms with van der Waals surface area (Å²) >= 11 is 1.44. The van der Waals surface area contributed by atoms with Gasteiger partial charge in [-0.1, -0.05) is 48.2 Å². The van der Waals surface area contributed by atoms with Crippen LogP contribution in [0.4, 0.5) is 23.0 Å². The number of rotatable bonds is 10. The molecule has 36 heavy (non-hydrogen) atoms. The lowest BCUT2D eigenvalue weighted by atomic mass is 10.2. The summed E-state index contributed by atoms with van der Waals surface area (Å²) in [7, 11) is 3.35. The van der Waals surface area contributed by atoms with Crippen LogP contribution in [-0.2, 0) is 4.79 Å². The van der Waals surface area contributed by atoms with E-state index in [4.69, 9.17) is 4.74 Å². The lowest BCUT2D eigenvalue weighted by molar-refractivity contribution is -0.111. The van der Waals surface area contributed by atoms with Gasteiger partial charge in [0.15, 0.2) is 5.01 Å². The van der Waals surface area contributed by atoms with Gasteiger partial charge in [-0.15, -0.1) is 10.2 Å². The van der Waals surface area contributed by atoms with Gasteiger partial charge in [-0.2, -0.15) is 0 Å². The van der Waals surface area contributed by atoms with Crippen molar-refractivity contribution >= 4 is 40.3 Å². The van der Waals surface area contributed by atoms with Gasteiger partial charge in [-0.25, -0.2) is 9.97 Å². The zero-order valence-electron chi connectivity index (χ0n) is 19.8. The summed E-state index contributed by atoms with van der Waals surface area (Å²) in [6.07, 6.45) is 2.82. The van der Waals surface area contributed by atoms with Crippen LogP contribution in [0.15, 0.2) is 67.4 Å². The molecule has 4 aromatic rings. The van der Waals surface area contributed by atoms with Crippen molar-refractivity contribution in [3.63, 3.8) is 0 Å². The zero-order valence-corrected chi connectivity index (χ0v) is 20.6. The number of aliphatic hydroxyl groups is 1. The Morgan fingerprint density at radius 3 is 2.67 bits per heavy atom. The number of hydrogen-bond donors (Lipinski definition) is 3. The Labute approximate surface area is 212 Å². The molecule has 2 heterocycles. The molecule has 0 atom stereocenters. The van der Waals surface area contributed by atoms with Gasteiger partial charge < -0.3 is 25.4 Å². The molecule has 184 valence electrons. The number of anilines is 4. The highest BCUT2D eigenvalue weighted by molar-refractivity contribution is 7.17. The first kappa shape index (κ1) is 24.8. The van der Waals surface area contributed by atoms with E-state index in [1.165, 1.54) is 17.4 Å². The number of carbonyl (C=O) groups excluding carboxylic acids is 1. The van der Waals surface area contributed by atoms with Crippen molar-refractivity contribution < 1.29 is 14.6 Å². The minimum Gasteiger partial charge on any atom is -0.494 e. The van der Waals surface area contributed by atoms with Crippen molar-refractivity contribution in [2.45, 2.75) is 0 Å². The number of amides is 1. The quantitative estimate of drug-likeness (QED) is 0.276. The van der Waals surface area contributed by atoms with Crippen molar-refractivity contribution in [1.82, 2.24) is 20.2 Å². The molecule has 0 aliphatic heterocycles. The molecule has 1 amide bonds. The molecule has 3 N–H and O–H groups in total. The minimum atomic E-state index is -0.367. The number of methoxy groups -OCH3 is 1. The van der Waals surface area contributed by atoms with E-state index in [1.807, 2.05) is 35.2 Å². The fourth-order valence-corrected chi connectivity index (χ4v) is 4.21. The molecule has 0 aliphatic carbocycles. The van der Waals surface area contributed by atoms with Gasteiger partial charge in [0.05, 0.1) is 30.8 Å². The van der Waals surface area contributed by atoms with Gasteiger partial charge in [0.2, 0.25) is 11.9 Å². The molecule has 0 fully saturated rings. The maximum absolute atomic E-state index is 12.1. The molecule has 0 unspecified atom stereocenters. The number of nitrogens with one attached hydrogen (secondary N) is 2. The second-order valence-corrected chi connectivity index (χ2v) is 8.55. The molecule has 0 saturated heterocycles. The van der Waals surface area contributed by atoms with Crippen molar-refractivity contribution in [2.24, 2.45) is 0 Å². The highest BCUT2D eigenvalue weighted by Gasteiger charge is 2.17. The summed E-state index contributed by atoms with van der Waals surface area (Å²) in [6, 6.07) is 15.1. The van der Waals surface area contributed by atoms with Crippen LogP contribution < -0.4 is 20.3 Å². The number of carbonyl (C=O) groups is 1. The number of aromatic nitrogens is 4. The Balaban J connectivity index is 1.65. The van der Waals surface area contributed by atoms with Gasteiger partial charge in [-0.3, -0.25) is 4.79 Å². The SMILES string of the molecule is C=CC(=O)Nc1cc(Nc2nccc(-c3nnc(-c4ccccc4)s3)n2)c(OC)cc1N(C)CCO. The molecule has 0 saturated carbocycles. The van der Waals surface area contributed by atoms with E-state index in [0.29, 0.717) is 46.0 Å². The summed E-state index contributed by atoms with van der Waals surface area (Å²) in [6.45, 7) is 3.83. The van der Waals surface area contributed by atoms with E-state index >= 15 is 0 Å². The summed E-state index contributed by atoms with van der Waals surface area (Å²) in [5.41, 5.74) is 3.31. The Morgan fingerprint density at radius 1 is 1.17 bits per heavy atom. The van der Waals surface area contributed by atoms with Crippen molar-refractivity contribution in [3.05, 3.63) is 67.4 Å². The Hall–Kier alpha value is -4.35. The first-order valence-electron chi connectivity index (χ1n) is 11.0. The third-order valence-electron chi connectivity index (χ3n) is 5.17. The number of aliphatic hydroxyl groups excluding tert-OH is 1. The van der Waals surface area contributed by atoms with E-state index in [-0.39, 0.29) is 12.5 Å². The topological polar surface area (TPSA) is 125 Å². The van der Waals surface area contributed by atoms with E-state index in [1.54, 1.807) is 38.6 Å². The molecule has 0 bridgehead atoms. The molecule has 0 radical (unpaired) electrons. The van der Waals surface area contributed by atoms with E-state index in [2.05, 4.69) is 37.4 Å². The molecule has 2 aromatic heterocycles. The van der Waals surface area contributed by atoms with Crippen LogP contribution in [0, 0.1) is 0 Å². The summed E-state index contributed by atoms with van der Waals surface area (Å²) in [5, 5.41) is 25.4. The van der Waals surface area contributed by atoms with Gasteiger partial charge in [0.1, 0.15) is 16.5 Å². The predicted octanol–water partition coefficient (Wildman–Crippen LogP) is 3.97. The van der Waals surface area contributed by atoms with Crippen LogP contribution >= 0.6 is 11.3 Å². The van der Waals surface area contributed by atoms with Crippen LogP contribution in [0.3, 0.4) is 0 Å². The van der Waals surface area contributed by atoms with Crippen molar-refractivity contribution in [1.29, 1.82) is 0 Å². The van der Waals surface area contributed by atoms with Gasteiger partial charge in [0, 0.05) is 31.4 Å². The number of nitrogens with zero attached hydrogens (tertiary/aromatic N) is 5. The lowest BCUT2D eigenvalue weighted by Crippen LogP contribution is -2.23. The minimum absolute atomic E-state index is 0.0497. The van der Waals surface area contributed by atoms with Gasteiger partial charge >= 0.3 is 0 Å². The summed E-state index contributed by atoms with van der Waals surface area (Å²) in [5.74, 6) is 0.455. The maximum atomic E-state index is 12.1. The monoisotopic (exact) mass is 503 g/mol. The van der Waals surface area contributed by atoms with Crippen LogP contribution in [0.5, 0.6) is 5.75 Å². The van der Waals surface area contributed by atoms with Crippen LogP contribution in [-0.4, -0.2) is 58.5 Å². The Bertz CT molecular complexity index is 1360. The Kier molecular flexibility index (Phi) is 7.83. The summed E-state index contributed by atoms with van der Waals surface area (Å²) in [4.78, 5) is 22.8. The van der Waals surface area contributed by atoms with Crippen LogP contribution in [0.1, 0.15) is 0 Å². The van der Waals surface area contributed by atoms with E-state index < -0.39 is 0 Å². The molecule has 2 aromatic carbocycles. The summed E-state index contributed by atoms with van der Waals surface area (Å²) < 4.78 is 5.58. The van der Waals surface area contributed by atoms with Crippen LogP contribution in [0.2, 0.25) is 0 Å². The van der Waals surface area contributed by atoms with E-state index in [0.717, 1.165) is 10.6 Å². The normalized spacial score (nSPS) is 10.5. The first-order chi connectivity index (χ1) is 17.5. The highest BCUT2D eigenvalue weighted by atomic mass is 32.1. The third kappa shape index (κ3) is 5.65. The number of ether oxygens (including phenoxy) is 1. The number of benzene rings is 2. The lowest BCUT2D eigenvalue weighted by Gasteiger charge is -2.24. The first-order valence-corrected chi connectivity index (χ1v) is 11.8. The molecular formula is C25H25N7O3S. The van der Waals surface area contributed by atoms with E-state index in [9.17, 15) is 9.90 Å². The molecule has 11 heteroatoms. The fourth-order valence-electron chi connectivity index (χ4n) is 3.39. The fraction of sp³-hybridized carbons (Fsp3) is 0.160. The third-order valence-corrected chi connectivity index (χ3v) is 6.17. The smallest absolute Gasteiger partial charge is 0.247 e. The average molecular weight is 504 g/mol. The number of hydrogen-bond acceptors (Lipinski definition) is 10. The molecule has 0 spiro atoms. The van der Waals surface area contributed by atoms with Crippen molar-refractivity contribution in [2.75, 3.05) is 42.8 Å². The largest absolute Gasteiger partial charge is 0.494 e. The Morgan fingerprint density at radius 2 is 1.94 bits per heavy atom. The molecule has 10 nitrogen and oxygen atoms in total.